The van der Waals surface area contributed by atoms with Gasteiger partial charge < -0.3 is 19.5 Å². The van der Waals surface area contributed by atoms with Crippen LogP contribution >= 0.6 is 0 Å². The van der Waals surface area contributed by atoms with E-state index in [4.69, 9.17) is 9.47 Å². The Morgan fingerprint density at radius 1 is 0.966 bits per heavy atom. The first-order valence-electron chi connectivity index (χ1n) is 9.35. The highest BCUT2D eigenvalue weighted by atomic mass is 32.2. The van der Waals surface area contributed by atoms with Crippen LogP contribution in [-0.2, 0) is 10.0 Å². The topological polar surface area (TPSA) is 96.4 Å². The molecule has 9 heteroatoms. The average Bonchev–Trinajstić information content (AvgIpc) is 2.74. The molecule has 1 amide bonds. The Hall–Kier alpha value is -2.78. The van der Waals surface area contributed by atoms with Crippen LogP contribution in [0.4, 0.5) is 0 Å². The van der Waals surface area contributed by atoms with Gasteiger partial charge in [0.15, 0.2) is 11.5 Å². The molecule has 1 saturated heterocycles. The van der Waals surface area contributed by atoms with Crippen molar-refractivity contribution in [2.24, 2.45) is 0 Å². The van der Waals surface area contributed by atoms with Crippen LogP contribution in [-0.4, -0.2) is 68.0 Å². The highest BCUT2D eigenvalue weighted by Crippen LogP contribution is 2.33. The molecule has 2 aliphatic rings. The number of carbonyl (C=O) groups excluding carboxylic acids is 1. The summed E-state index contributed by atoms with van der Waals surface area (Å²) >= 11 is 0. The second kappa shape index (κ2) is 7.57. The standard InChI is InChI=1S/C20H22N2O6S/c1-14-2-4-17(23)16(12-14)20(24)21-6-8-22(9-7-21)29(25,26)15-3-5-18-19(13-15)28-11-10-27-18/h2-5,12-13,23H,6-11H2,1H3. The number of amides is 1. The van der Waals surface area contributed by atoms with E-state index >= 15 is 0 Å². The van der Waals surface area contributed by atoms with Gasteiger partial charge in [0.05, 0.1) is 10.5 Å². The van der Waals surface area contributed by atoms with E-state index in [1.165, 1.54) is 22.5 Å². The van der Waals surface area contributed by atoms with Gasteiger partial charge in [-0.2, -0.15) is 4.31 Å². The maximum absolute atomic E-state index is 13.0. The van der Waals surface area contributed by atoms with Gasteiger partial charge in [0.2, 0.25) is 10.0 Å². The molecule has 0 bridgehead atoms. The number of sulfonamides is 1. The van der Waals surface area contributed by atoms with Crippen LogP contribution in [0.5, 0.6) is 17.2 Å². The number of ether oxygens (including phenoxy) is 2. The summed E-state index contributed by atoms with van der Waals surface area (Å²) in [7, 11) is -3.71. The summed E-state index contributed by atoms with van der Waals surface area (Å²) < 4.78 is 38.3. The van der Waals surface area contributed by atoms with Gasteiger partial charge in [-0.15, -0.1) is 0 Å². The summed E-state index contributed by atoms with van der Waals surface area (Å²) in [5.41, 5.74) is 1.10. The predicted octanol–water partition coefficient (Wildman–Crippen LogP) is 1.62. The molecule has 2 aliphatic heterocycles. The summed E-state index contributed by atoms with van der Waals surface area (Å²) in [6.45, 7) is 3.50. The number of aryl methyl sites for hydroxylation is 1. The van der Waals surface area contributed by atoms with Crippen molar-refractivity contribution in [2.45, 2.75) is 11.8 Å². The monoisotopic (exact) mass is 418 g/mol. The van der Waals surface area contributed by atoms with E-state index in [0.717, 1.165) is 5.56 Å². The number of fused-ring (bicyclic) bond motifs is 1. The van der Waals surface area contributed by atoms with Crippen molar-refractivity contribution in [1.29, 1.82) is 0 Å². The molecule has 0 spiro atoms. The summed E-state index contributed by atoms with van der Waals surface area (Å²) in [6.07, 6.45) is 0. The minimum Gasteiger partial charge on any atom is -0.507 e. The smallest absolute Gasteiger partial charge is 0.257 e. The molecule has 0 aromatic heterocycles. The number of benzene rings is 2. The molecular weight excluding hydrogens is 396 g/mol. The van der Waals surface area contributed by atoms with Crippen LogP contribution in [0.15, 0.2) is 41.3 Å². The third kappa shape index (κ3) is 3.75. The number of carbonyl (C=O) groups is 1. The Balaban J connectivity index is 1.47. The Labute approximate surface area is 169 Å². The fraction of sp³-hybridized carbons (Fsp3) is 0.350. The van der Waals surface area contributed by atoms with Crippen LogP contribution in [0.3, 0.4) is 0 Å². The van der Waals surface area contributed by atoms with Crippen LogP contribution in [0.2, 0.25) is 0 Å². The molecule has 2 aromatic rings. The van der Waals surface area contributed by atoms with Crippen LogP contribution in [0.1, 0.15) is 15.9 Å². The number of piperazine rings is 1. The number of phenols is 1. The molecule has 2 heterocycles. The van der Waals surface area contributed by atoms with Crippen molar-refractivity contribution in [3.05, 3.63) is 47.5 Å². The van der Waals surface area contributed by atoms with Gasteiger partial charge in [-0.25, -0.2) is 8.42 Å². The van der Waals surface area contributed by atoms with Gasteiger partial charge in [0.25, 0.3) is 5.91 Å². The first-order valence-corrected chi connectivity index (χ1v) is 10.8. The minimum atomic E-state index is -3.71. The number of hydrogen-bond acceptors (Lipinski definition) is 6. The molecule has 0 unspecified atom stereocenters. The van der Waals surface area contributed by atoms with E-state index in [2.05, 4.69) is 0 Å². The number of phenolic OH excluding ortho intramolecular Hbond substituents is 1. The Kier molecular flexibility index (Phi) is 5.10. The zero-order valence-corrected chi connectivity index (χ0v) is 16.8. The molecule has 1 fully saturated rings. The van der Waals surface area contributed by atoms with E-state index < -0.39 is 10.0 Å². The molecule has 154 valence electrons. The van der Waals surface area contributed by atoms with Gasteiger partial charge >= 0.3 is 0 Å². The lowest BCUT2D eigenvalue weighted by molar-refractivity contribution is 0.0694. The van der Waals surface area contributed by atoms with Crippen molar-refractivity contribution in [3.8, 4) is 17.2 Å². The SMILES string of the molecule is Cc1ccc(O)c(C(=O)N2CCN(S(=O)(=O)c3ccc4c(c3)OCCO4)CC2)c1. The lowest BCUT2D eigenvalue weighted by Gasteiger charge is -2.34. The van der Waals surface area contributed by atoms with Crippen molar-refractivity contribution in [2.75, 3.05) is 39.4 Å². The van der Waals surface area contributed by atoms with E-state index in [1.807, 2.05) is 6.92 Å². The van der Waals surface area contributed by atoms with Crippen molar-refractivity contribution >= 4 is 15.9 Å². The molecule has 1 N–H and O–H groups in total. The average molecular weight is 418 g/mol. The van der Waals surface area contributed by atoms with Crippen molar-refractivity contribution in [1.82, 2.24) is 9.21 Å². The Morgan fingerprint density at radius 3 is 2.38 bits per heavy atom. The fourth-order valence-electron chi connectivity index (χ4n) is 3.46. The molecule has 0 atom stereocenters. The maximum Gasteiger partial charge on any atom is 0.257 e. The first-order chi connectivity index (χ1) is 13.9. The third-order valence-electron chi connectivity index (χ3n) is 5.06. The number of hydrogen-bond donors (Lipinski definition) is 1. The van der Waals surface area contributed by atoms with Gasteiger partial charge in [-0.1, -0.05) is 11.6 Å². The molecule has 8 nitrogen and oxygen atoms in total. The van der Waals surface area contributed by atoms with Crippen LogP contribution < -0.4 is 9.47 Å². The Morgan fingerprint density at radius 2 is 1.66 bits per heavy atom. The van der Waals surface area contributed by atoms with Gasteiger partial charge in [0.1, 0.15) is 19.0 Å². The largest absolute Gasteiger partial charge is 0.507 e. The van der Waals surface area contributed by atoms with Crippen LogP contribution in [0.25, 0.3) is 0 Å². The second-order valence-corrected chi connectivity index (χ2v) is 8.96. The zero-order valence-electron chi connectivity index (χ0n) is 16.0. The van der Waals surface area contributed by atoms with Crippen LogP contribution in [0, 0.1) is 6.92 Å². The Bertz CT molecular complexity index is 1040. The lowest BCUT2D eigenvalue weighted by Crippen LogP contribution is -2.50. The molecule has 4 rings (SSSR count). The molecule has 29 heavy (non-hydrogen) atoms. The number of nitrogens with zero attached hydrogens (tertiary/aromatic N) is 2. The maximum atomic E-state index is 13.0. The molecule has 2 aromatic carbocycles. The zero-order chi connectivity index (χ0) is 20.6. The highest BCUT2D eigenvalue weighted by molar-refractivity contribution is 7.89. The minimum absolute atomic E-state index is 0.0769. The highest BCUT2D eigenvalue weighted by Gasteiger charge is 2.32. The number of aromatic hydroxyl groups is 1. The molecule has 0 saturated carbocycles. The molecular formula is C20H22N2O6S. The van der Waals surface area contributed by atoms with E-state index in [1.54, 1.807) is 23.1 Å². The molecule has 0 radical (unpaired) electrons. The normalized spacial score (nSPS) is 17.2. The van der Waals surface area contributed by atoms with E-state index in [0.29, 0.717) is 24.7 Å². The quantitative estimate of drug-likeness (QED) is 0.814. The summed E-state index contributed by atoms with van der Waals surface area (Å²) in [5.74, 6) is 0.569. The van der Waals surface area contributed by atoms with Crippen molar-refractivity contribution in [3.63, 3.8) is 0 Å². The van der Waals surface area contributed by atoms with Gasteiger partial charge in [-0.3, -0.25) is 4.79 Å². The summed E-state index contributed by atoms with van der Waals surface area (Å²) in [6, 6.07) is 9.43. The van der Waals surface area contributed by atoms with Gasteiger partial charge in [0, 0.05) is 32.2 Å². The van der Waals surface area contributed by atoms with Crippen molar-refractivity contribution < 1.29 is 27.8 Å². The van der Waals surface area contributed by atoms with E-state index in [9.17, 15) is 18.3 Å². The lowest BCUT2D eigenvalue weighted by atomic mass is 10.1. The number of rotatable bonds is 3. The van der Waals surface area contributed by atoms with E-state index in [-0.39, 0.29) is 48.3 Å². The fourth-order valence-corrected chi connectivity index (χ4v) is 4.89. The predicted molar refractivity (Wildman–Crippen MR) is 105 cm³/mol. The van der Waals surface area contributed by atoms with Gasteiger partial charge in [-0.05, 0) is 31.2 Å². The third-order valence-corrected chi connectivity index (χ3v) is 6.95. The summed E-state index contributed by atoms with van der Waals surface area (Å²) in [4.78, 5) is 14.4. The second-order valence-electron chi connectivity index (χ2n) is 7.02. The summed E-state index contributed by atoms with van der Waals surface area (Å²) in [5, 5.41) is 9.99. The molecule has 0 aliphatic carbocycles. The first kappa shape index (κ1) is 19.5.